The average Bonchev–Trinajstić information content (AvgIpc) is 3.17. The summed E-state index contributed by atoms with van der Waals surface area (Å²) in [7, 11) is 0. The van der Waals surface area contributed by atoms with Gasteiger partial charge in [-0.3, -0.25) is 19.3 Å². The van der Waals surface area contributed by atoms with Crippen molar-refractivity contribution in [2.75, 3.05) is 31.1 Å². The molecule has 35 heavy (non-hydrogen) atoms. The molecule has 0 aliphatic carbocycles. The summed E-state index contributed by atoms with van der Waals surface area (Å²) in [5.41, 5.74) is 3.48. The van der Waals surface area contributed by atoms with Crippen molar-refractivity contribution in [2.24, 2.45) is 0 Å². The van der Waals surface area contributed by atoms with E-state index in [9.17, 15) is 14.4 Å². The highest BCUT2D eigenvalue weighted by molar-refractivity contribution is 8.18. The van der Waals surface area contributed by atoms with Crippen molar-refractivity contribution >= 4 is 40.6 Å². The van der Waals surface area contributed by atoms with E-state index in [-0.39, 0.29) is 23.6 Å². The summed E-state index contributed by atoms with van der Waals surface area (Å²) < 4.78 is 0. The standard InChI is InChI=1S/C28H25N3O3S/c32-26(30-17-15-29(16-18-30)24-9-5-2-6-10-24)23-13-11-21(12-14-23)19-25-27(33)31(28(34)35-25)20-22-7-3-1-4-8-22/h1-14,19H,15-18,20H2. The molecule has 2 heterocycles. The van der Waals surface area contributed by atoms with Crippen molar-refractivity contribution in [1.82, 2.24) is 9.80 Å². The number of piperazine rings is 1. The number of carbonyl (C=O) groups is 3. The summed E-state index contributed by atoms with van der Waals surface area (Å²) >= 11 is 0.946. The second kappa shape index (κ2) is 10.2. The number of benzene rings is 3. The normalized spacial score (nSPS) is 17.4. The Labute approximate surface area is 208 Å². The third-order valence-corrected chi connectivity index (χ3v) is 7.11. The fourth-order valence-corrected chi connectivity index (χ4v) is 5.10. The fraction of sp³-hybridized carbons (Fsp3) is 0.179. The highest BCUT2D eigenvalue weighted by Crippen LogP contribution is 2.33. The Morgan fingerprint density at radius 3 is 2.09 bits per heavy atom. The number of nitrogens with zero attached hydrogens (tertiary/aromatic N) is 3. The van der Waals surface area contributed by atoms with Gasteiger partial charge < -0.3 is 9.80 Å². The smallest absolute Gasteiger partial charge is 0.293 e. The van der Waals surface area contributed by atoms with Crippen LogP contribution >= 0.6 is 11.8 Å². The van der Waals surface area contributed by atoms with Crippen LogP contribution in [0.1, 0.15) is 21.5 Å². The molecule has 3 aromatic rings. The fourth-order valence-electron chi connectivity index (χ4n) is 4.26. The maximum absolute atomic E-state index is 13.0. The molecule has 0 unspecified atom stereocenters. The minimum absolute atomic E-state index is 0.00689. The zero-order chi connectivity index (χ0) is 24.2. The van der Waals surface area contributed by atoms with Gasteiger partial charge in [0.2, 0.25) is 0 Å². The SMILES string of the molecule is O=C(c1ccc(C=C2SC(=O)N(Cc3ccccc3)C2=O)cc1)N1CCN(c2ccccc2)CC1. The Hall–Kier alpha value is -3.84. The molecule has 176 valence electrons. The van der Waals surface area contributed by atoms with Crippen LogP contribution in [-0.4, -0.2) is 53.0 Å². The number of anilines is 1. The Bertz CT molecular complexity index is 1250. The summed E-state index contributed by atoms with van der Waals surface area (Å²) in [5, 5.41) is -0.272. The molecule has 0 N–H and O–H groups in total. The molecule has 3 amide bonds. The predicted molar refractivity (Wildman–Crippen MR) is 139 cm³/mol. The van der Waals surface area contributed by atoms with Crippen molar-refractivity contribution in [3.05, 3.63) is 107 Å². The van der Waals surface area contributed by atoms with E-state index in [4.69, 9.17) is 0 Å². The molecular formula is C28H25N3O3S. The molecule has 7 heteroatoms. The van der Waals surface area contributed by atoms with Gasteiger partial charge in [0.15, 0.2) is 0 Å². The van der Waals surface area contributed by atoms with Crippen LogP contribution in [0.4, 0.5) is 10.5 Å². The van der Waals surface area contributed by atoms with E-state index in [1.165, 1.54) is 10.6 Å². The number of imide groups is 1. The lowest BCUT2D eigenvalue weighted by Crippen LogP contribution is -2.48. The van der Waals surface area contributed by atoms with Gasteiger partial charge in [0.05, 0.1) is 11.4 Å². The number of amides is 3. The Kier molecular flexibility index (Phi) is 6.68. The monoisotopic (exact) mass is 483 g/mol. The van der Waals surface area contributed by atoms with Gasteiger partial charge in [0.1, 0.15) is 0 Å². The minimum Gasteiger partial charge on any atom is -0.368 e. The van der Waals surface area contributed by atoms with Crippen LogP contribution in [-0.2, 0) is 11.3 Å². The number of hydrogen-bond acceptors (Lipinski definition) is 5. The zero-order valence-electron chi connectivity index (χ0n) is 19.2. The molecular weight excluding hydrogens is 458 g/mol. The van der Waals surface area contributed by atoms with Crippen LogP contribution in [0, 0.1) is 0 Å². The van der Waals surface area contributed by atoms with Crippen LogP contribution in [0.2, 0.25) is 0 Å². The topological polar surface area (TPSA) is 60.9 Å². The van der Waals surface area contributed by atoms with Crippen molar-refractivity contribution in [1.29, 1.82) is 0 Å². The van der Waals surface area contributed by atoms with E-state index >= 15 is 0 Å². The number of rotatable bonds is 5. The van der Waals surface area contributed by atoms with Crippen molar-refractivity contribution in [3.63, 3.8) is 0 Å². The third kappa shape index (κ3) is 5.15. The summed E-state index contributed by atoms with van der Waals surface area (Å²) in [5.74, 6) is -0.285. The lowest BCUT2D eigenvalue weighted by molar-refractivity contribution is -0.123. The molecule has 2 saturated heterocycles. The number of hydrogen-bond donors (Lipinski definition) is 0. The highest BCUT2D eigenvalue weighted by atomic mass is 32.2. The van der Waals surface area contributed by atoms with E-state index < -0.39 is 0 Å². The Morgan fingerprint density at radius 2 is 1.43 bits per heavy atom. The van der Waals surface area contributed by atoms with Crippen molar-refractivity contribution in [2.45, 2.75) is 6.54 Å². The Balaban J connectivity index is 1.21. The van der Waals surface area contributed by atoms with Crippen LogP contribution in [0.5, 0.6) is 0 Å². The molecule has 0 saturated carbocycles. The average molecular weight is 484 g/mol. The van der Waals surface area contributed by atoms with Crippen molar-refractivity contribution in [3.8, 4) is 0 Å². The number of carbonyl (C=O) groups excluding carboxylic acids is 3. The van der Waals surface area contributed by atoms with E-state index in [0.717, 1.165) is 36.0 Å². The molecule has 0 radical (unpaired) electrons. The lowest BCUT2D eigenvalue weighted by atomic mass is 10.1. The minimum atomic E-state index is -0.291. The van der Waals surface area contributed by atoms with Crippen molar-refractivity contribution < 1.29 is 14.4 Å². The van der Waals surface area contributed by atoms with Crippen LogP contribution < -0.4 is 4.90 Å². The second-order valence-corrected chi connectivity index (χ2v) is 9.48. The van der Waals surface area contributed by atoms with E-state index in [1.807, 2.05) is 65.6 Å². The van der Waals surface area contributed by atoms with Gasteiger partial charge in [-0.1, -0.05) is 60.7 Å². The number of thioether (sulfide) groups is 1. The molecule has 0 atom stereocenters. The molecule has 3 aromatic carbocycles. The van der Waals surface area contributed by atoms with E-state index in [1.54, 1.807) is 18.2 Å². The molecule has 0 spiro atoms. The van der Waals surface area contributed by atoms with Gasteiger partial charge in [-0.2, -0.15) is 0 Å². The molecule has 6 nitrogen and oxygen atoms in total. The zero-order valence-corrected chi connectivity index (χ0v) is 20.0. The molecule has 5 rings (SSSR count). The second-order valence-electron chi connectivity index (χ2n) is 8.49. The maximum Gasteiger partial charge on any atom is 0.293 e. The van der Waals surface area contributed by atoms with Crippen LogP contribution in [0.15, 0.2) is 89.8 Å². The summed E-state index contributed by atoms with van der Waals surface area (Å²) in [4.78, 5) is 44.0. The van der Waals surface area contributed by atoms with Crippen LogP contribution in [0.3, 0.4) is 0 Å². The van der Waals surface area contributed by atoms with Gasteiger partial charge in [0, 0.05) is 37.4 Å². The summed E-state index contributed by atoms with van der Waals surface area (Å²) in [6, 6.07) is 26.9. The highest BCUT2D eigenvalue weighted by Gasteiger charge is 2.35. The van der Waals surface area contributed by atoms with Gasteiger partial charge in [-0.05, 0) is 53.2 Å². The van der Waals surface area contributed by atoms with Gasteiger partial charge in [0.25, 0.3) is 17.1 Å². The molecule has 2 fully saturated rings. The number of para-hydroxylation sites is 1. The third-order valence-electron chi connectivity index (χ3n) is 6.20. The molecule has 0 bridgehead atoms. The first-order chi connectivity index (χ1) is 17.1. The predicted octanol–water partition coefficient (Wildman–Crippen LogP) is 4.89. The lowest BCUT2D eigenvalue weighted by Gasteiger charge is -2.36. The largest absolute Gasteiger partial charge is 0.368 e. The first-order valence-electron chi connectivity index (χ1n) is 11.6. The summed E-state index contributed by atoms with van der Waals surface area (Å²) in [6.07, 6.45) is 1.71. The molecule has 2 aliphatic heterocycles. The van der Waals surface area contributed by atoms with E-state index in [0.29, 0.717) is 23.6 Å². The van der Waals surface area contributed by atoms with E-state index in [2.05, 4.69) is 17.0 Å². The Morgan fingerprint density at radius 1 is 0.800 bits per heavy atom. The van der Waals surface area contributed by atoms with Crippen LogP contribution in [0.25, 0.3) is 6.08 Å². The molecule has 0 aromatic heterocycles. The van der Waals surface area contributed by atoms with Gasteiger partial charge >= 0.3 is 0 Å². The van der Waals surface area contributed by atoms with Gasteiger partial charge in [-0.25, -0.2) is 0 Å². The quantitative estimate of drug-likeness (QED) is 0.484. The first-order valence-corrected chi connectivity index (χ1v) is 12.4. The first kappa shape index (κ1) is 22.9. The maximum atomic E-state index is 13.0. The van der Waals surface area contributed by atoms with Gasteiger partial charge in [-0.15, -0.1) is 0 Å². The summed E-state index contributed by atoms with van der Waals surface area (Å²) in [6.45, 7) is 3.20. The molecule has 2 aliphatic rings.